The largest absolute Gasteiger partial charge is 0.482 e. The summed E-state index contributed by atoms with van der Waals surface area (Å²) in [5.74, 6) is -0.453. The molecule has 0 radical (unpaired) electrons. The molecule has 2 aromatic rings. The number of carbonyl (C=O) groups excluding carboxylic acids is 2. The first-order valence-corrected chi connectivity index (χ1v) is 10.6. The van der Waals surface area contributed by atoms with E-state index < -0.39 is 17.9 Å². The Bertz CT molecular complexity index is 964. The minimum Gasteiger partial charge on any atom is -0.482 e. The van der Waals surface area contributed by atoms with Crippen LogP contribution in [0.4, 0.5) is 0 Å². The zero-order valence-corrected chi connectivity index (χ0v) is 20.0. The fourth-order valence-electron chi connectivity index (χ4n) is 1.96. The van der Waals surface area contributed by atoms with Crippen molar-refractivity contribution in [2.24, 2.45) is 0 Å². The van der Waals surface area contributed by atoms with E-state index in [0.29, 0.717) is 21.5 Å². The fraction of sp³-hybridized carbons (Fsp3) is 0.167. The summed E-state index contributed by atoms with van der Waals surface area (Å²) >= 11 is 26.1. The van der Waals surface area contributed by atoms with Gasteiger partial charge in [0.2, 0.25) is 0 Å². The molecule has 0 heterocycles. The molecule has 0 aliphatic rings. The van der Waals surface area contributed by atoms with E-state index in [2.05, 4.69) is 32.1 Å². The summed E-state index contributed by atoms with van der Waals surface area (Å²) in [6, 6.07) is 9.60. The summed E-state index contributed by atoms with van der Waals surface area (Å²) < 4.78 is 11.6. The van der Waals surface area contributed by atoms with Gasteiger partial charge in [-0.3, -0.25) is 25.8 Å². The molecule has 12 heteroatoms. The van der Waals surface area contributed by atoms with Crippen molar-refractivity contribution in [1.29, 1.82) is 0 Å². The first kappa shape index (κ1) is 24.5. The first-order chi connectivity index (χ1) is 14.2. The molecule has 3 N–H and O–H groups in total. The van der Waals surface area contributed by atoms with Crippen molar-refractivity contribution in [3.8, 4) is 11.5 Å². The minimum absolute atomic E-state index is 0.129. The number of hydrazine groups is 1. The monoisotopic (exact) mass is 553 g/mol. The number of nitrogens with one attached hydrogen (secondary N) is 3. The van der Waals surface area contributed by atoms with Crippen LogP contribution in [-0.2, 0) is 9.59 Å². The smallest absolute Gasteiger partial charge is 0.279 e. The Balaban J connectivity index is 1.74. The topological polar surface area (TPSA) is 88.7 Å². The number of ether oxygens (including phenoxy) is 2. The molecule has 0 spiro atoms. The number of thiocarbonyl (C=S) groups is 1. The van der Waals surface area contributed by atoms with Gasteiger partial charge in [-0.05, 0) is 55.5 Å². The zero-order chi connectivity index (χ0) is 22.3. The quantitative estimate of drug-likeness (QED) is 0.364. The predicted octanol–water partition coefficient (Wildman–Crippen LogP) is 4.28. The van der Waals surface area contributed by atoms with Crippen molar-refractivity contribution in [2.75, 3.05) is 6.61 Å². The van der Waals surface area contributed by atoms with Gasteiger partial charge in [0, 0.05) is 9.50 Å². The van der Waals surface area contributed by atoms with Gasteiger partial charge in [0.05, 0.1) is 10.0 Å². The number of benzene rings is 2. The van der Waals surface area contributed by atoms with Crippen molar-refractivity contribution in [2.45, 2.75) is 13.0 Å². The number of hydrogen-bond donors (Lipinski definition) is 3. The highest BCUT2D eigenvalue weighted by Gasteiger charge is 2.17. The summed E-state index contributed by atoms with van der Waals surface area (Å²) in [6.45, 7) is 1.19. The highest BCUT2D eigenvalue weighted by Crippen LogP contribution is 2.28. The van der Waals surface area contributed by atoms with Crippen LogP contribution in [0.2, 0.25) is 15.1 Å². The predicted molar refractivity (Wildman–Crippen MR) is 123 cm³/mol. The molecular formula is C18H15BrCl3N3O4S. The van der Waals surface area contributed by atoms with E-state index in [1.54, 1.807) is 30.3 Å². The average molecular weight is 556 g/mol. The van der Waals surface area contributed by atoms with Gasteiger partial charge in [-0.15, -0.1) is 0 Å². The van der Waals surface area contributed by atoms with E-state index in [1.807, 2.05) is 0 Å². The van der Waals surface area contributed by atoms with Crippen LogP contribution in [0.3, 0.4) is 0 Å². The summed E-state index contributed by atoms with van der Waals surface area (Å²) in [5.41, 5.74) is 4.72. The van der Waals surface area contributed by atoms with Crippen molar-refractivity contribution >= 4 is 79.9 Å². The lowest BCUT2D eigenvalue weighted by Crippen LogP contribution is -2.52. The molecule has 0 aliphatic heterocycles. The van der Waals surface area contributed by atoms with E-state index in [4.69, 9.17) is 56.5 Å². The molecule has 30 heavy (non-hydrogen) atoms. The number of amides is 2. The van der Waals surface area contributed by atoms with Crippen LogP contribution in [-0.4, -0.2) is 29.6 Å². The molecule has 0 saturated heterocycles. The number of rotatable bonds is 6. The number of halogens is 4. The van der Waals surface area contributed by atoms with Crippen LogP contribution in [0.25, 0.3) is 0 Å². The molecule has 0 aromatic heterocycles. The minimum atomic E-state index is -0.905. The van der Waals surface area contributed by atoms with Gasteiger partial charge < -0.3 is 9.47 Å². The highest BCUT2D eigenvalue weighted by molar-refractivity contribution is 9.10. The van der Waals surface area contributed by atoms with Gasteiger partial charge in [-0.25, -0.2) is 0 Å². The molecular weight excluding hydrogens is 541 g/mol. The van der Waals surface area contributed by atoms with Gasteiger partial charge in [0.25, 0.3) is 11.8 Å². The van der Waals surface area contributed by atoms with Gasteiger partial charge in [0.15, 0.2) is 17.8 Å². The van der Waals surface area contributed by atoms with Crippen molar-refractivity contribution in [3.63, 3.8) is 0 Å². The Hall–Kier alpha value is -1.78. The molecule has 0 saturated carbocycles. The normalized spacial score (nSPS) is 11.2. The lowest BCUT2D eigenvalue weighted by Gasteiger charge is -2.17. The van der Waals surface area contributed by atoms with Crippen LogP contribution < -0.4 is 25.6 Å². The van der Waals surface area contributed by atoms with E-state index >= 15 is 0 Å². The number of carbonyl (C=O) groups is 2. The average Bonchev–Trinajstić information content (AvgIpc) is 2.67. The molecule has 1 atom stereocenters. The third kappa shape index (κ3) is 7.81. The third-order valence-electron chi connectivity index (χ3n) is 3.37. The summed E-state index contributed by atoms with van der Waals surface area (Å²) in [7, 11) is 0. The molecule has 2 amide bonds. The molecule has 7 nitrogen and oxygen atoms in total. The van der Waals surface area contributed by atoms with E-state index in [1.165, 1.54) is 13.0 Å². The van der Waals surface area contributed by atoms with Gasteiger partial charge in [-0.2, -0.15) is 0 Å². The van der Waals surface area contributed by atoms with E-state index in [-0.39, 0.29) is 16.7 Å². The van der Waals surface area contributed by atoms with Crippen LogP contribution in [0.5, 0.6) is 11.5 Å². The molecule has 2 aromatic carbocycles. The summed E-state index contributed by atoms with van der Waals surface area (Å²) in [6.07, 6.45) is -0.905. The van der Waals surface area contributed by atoms with E-state index in [0.717, 1.165) is 4.47 Å². The van der Waals surface area contributed by atoms with Gasteiger partial charge in [0.1, 0.15) is 11.5 Å². The summed E-state index contributed by atoms with van der Waals surface area (Å²) in [4.78, 5) is 24.0. The summed E-state index contributed by atoms with van der Waals surface area (Å²) in [5, 5.41) is 3.28. The maximum Gasteiger partial charge on any atom is 0.279 e. The Morgan fingerprint density at radius 3 is 2.40 bits per heavy atom. The maximum atomic E-state index is 12.1. The van der Waals surface area contributed by atoms with Gasteiger partial charge >= 0.3 is 0 Å². The molecule has 2 rings (SSSR count). The second kappa shape index (κ2) is 11.6. The molecule has 0 bridgehead atoms. The van der Waals surface area contributed by atoms with Gasteiger partial charge in [-0.1, -0.05) is 50.7 Å². The van der Waals surface area contributed by atoms with Crippen LogP contribution in [0.15, 0.2) is 40.9 Å². The SMILES string of the molecule is CC(Oc1ccc(Cl)cc1Cl)C(=O)NNC(=S)NC(=O)COc1ccc(Br)cc1Cl. The Labute approximate surface area is 201 Å². The van der Waals surface area contributed by atoms with Crippen molar-refractivity contribution < 1.29 is 19.1 Å². The lowest BCUT2D eigenvalue weighted by molar-refractivity contribution is -0.128. The van der Waals surface area contributed by atoms with Crippen LogP contribution in [0.1, 0.15) is 6.92 Å². The van der Waals surface area contributed by atoms with Crippen LogP contribution in [0, 0.1) is 0 Å². The standard InChI is InChI=1S/C18H15BrCl3N3O4S/c1-9(29-15-5-3-11(20)7-13(15)22)17(27)24-25-18(30)23-16(26)8-28-14-4-2-10(19)6-12(14)21/h2-7,9H,8H2,1H3,(H,24,27)(H2,23,25,26,30). The third-order valence-corrected chi connectivity index (χ3v) is 4.89. The van der Waals surface area contributed by atoms with Crippen LogP contribution >= 0.6 is 63.0 Å². The maximum absolute atomic E-state index is 12.1. The highest BCUT2D eigenvalue weighted by atomic mass is 79.9. The molecule has 0 aliphatic carbocycles. The van der Waals surface area contributed by atoms with Crippen molar-refractivity contribution in [1.82, 2.24) is 16.2 Å². The van der Waals surface area contributed by atoms with Crippen molar-refractivity contribution in [3.05, 3.63) is 55.9 Å². The molecule has 1 unspecified atom stereocenters. The first-order valence-electron chi connectivity index (χ1n) is 8.25. The Kier molecular flexibility index (Phi) is 9.44. The Morgan fingerprint density at radius 2 is 1.73 bits per heavy atom. The molecule has 160 valence electrons. The fourth-order valence-corrected chi connectivity index (χ4v) is 3.31. The Morgan fingerprint density at radius 1 is 1.07 bits per heavy atom. The second-order valence-electron chi connectivity index (χ2n) is 5.69. The number of hydrogen-bond acceptors (Lipinski definition) is 5. The second-order valence-corrected chi connectivity index (χ2v) is 8.26. The molecule has 0 fully saturated rings. The zero-order valence-electron chi connectivity index (χ0n) is 15.3. The lowest BCUT2D eigenvalue weighted by atomic mass is 10.3. The van der Waals surface area contributed by atoms with E-state index in [9.17, 15) is 9.59 Å².